The van der Waals surface area contributed by atoms with Crippen LogP contribution in [0.15, 0.2) is 0 Å². The Morgan fingerprint density at radius 3 is 2.10 bits per heavy atom. The van der Waals surface area contributed by atoms with Crippen LogP contribution in [0.3, 0.4) is 0 Å². The SMILES string of the molecule is O=C(NC1CCCCCC1Br)C12CC3CC(CC(C3)C1)C2. The molecule has 2 nitrogen and oxygen atoms in total. The van der Waals surface area contributed by atoms with Gasteiger partial charge in [0.15, 0.2) is 0 Å². The van der Waals surface area contributed by atoms with E-state index in [0.717, 1.165) is 24.2 Å². The third kappa shape index (κ3) is 2.68. The number of halogens is 1. The Hall–Kier alpha value is -0.0500. The van der Waals surface area contributed by atoms with Crippen LogP contribution in [-0.2, 0) is 4.79 Å². The van der Waals surface area contributed by atoms with Gasteiger partial charge in [0.2, 0.25) is 5.91 Å². The van der Waals surface area contributed by atoms with Crippen LogP contribution in [-0.4, -0.2) is 16.8 Å². The predicted molar refractivity (Wildman–Crippen MR) is 88.3 cm³/mol. The van der Waals surface area contributed by atoms with Crippen molar-refractivity contribution in [2.45, 2.75) is 81.5 Å². The molecule has 0 spiro atoms. The molecule has 2 atom stereocenters. The van der Waals surface area contributed by atoms with Crippen LogP contribution < -0.4 is 5.32 Å². The average Bonchev–Trinajstić information content (AvgIpc) is 2.62. The molecular formula is C18H28BrNO. The Labute approximate surface area is 136 Å². The first kappa shape index (κ1) is 14.5. The van der Waals surface area contributed by atoms with E-state index >= 15 is 0 Å². The Morgan fingerprint density at radius 2 is 1.48 bits per heavy atom. The van der Waals surface area contributed by atoms with E-state index in [-0.39, 0.29) is 5.41 Å². The van der Waals surface area contributed by atoms with E-state index in [0.29, 0.717) is 16.8 Å². The van der Waals surface area contributed by atoms with Gasteiger partial charge >= 0.3 is 0 Å². The van der Waals surface area contributed by atoms with E-state index in [2.05, 4.69) is 21.2 Å². The van der Waals surface area contributed by atoms with Gasteiger partial charge < -0.3 is 5.32 Å². The van der Waals surface area contributed by atoms with E-state index in [1.807, 2.05) is 0 Å². The van der Waals surface area contributed by atoms with Gasteiger partial charge in [-0.2, -0.15) is 0 Å². The molecule has 1 amide bonds. The van der Waals surface area contributed by atoms with Gasteiger partial charge in [-0.25, -0.2) is 0 Å². The minimum atomic E-state index is 0.0216. The van der Waals surface area contributed by atoms with Crippen LogP contribution in [0.2, 0.25) is 0 Å². The molecule has 4 bridgehead atoms. The number of carbonyl (C=O) groups is 1. The van der Waals surface area contributed by atoms with Gasteiger partial charge in [0, 0.05) is 16.3 Å². The van der Waals surface area contributed by atoms with Crippen LogP contribution in [0.4, 0.5) is 0 Å². The monoisotopic (exact) mass is 353 g/mol. The molecule has 0 aromatic rings. The molecule has 0 aliphatic heterocycles. The summed E-state index contributed by atoms with van der Waals surface area (Å²) < 4.78 is 0. The second-order valence-electron chi connectivity index (χ2n) is 8.43. The maximum absolute atomic E-state index is 13.1. The highest BCUT2D eigenvalue weighted by Crippen LogP contribution is 2.60. The van der Waals surface area contributed by atoms with Gasteiger partial charge in [0.05, 0.1) is 0 Å². The molecule has 0 aromatic heterocycles. The molecule has 0 aromatic carbocycles. The fourth-order valence-corrected chi connectivity index (χ4v) is 6.86. The summed E-state index contributed by atoms with van der Waals surface area (Å²) in [4.78, 5) is 13.6. The van der Waals surface area contributed by atoms with E-state index in [1.54, 1.807) is 0 Å². The summed E-state index contributed by atoms with van der Waals surface area (Å²) in [6, 6.07) is 0.369. The molecule has 5 aliphatic rings. The first-order valence-electron chi connectivity index (χ1n) is 9.10. The third-order valence-corrected chi connectivity index (χ3v) is 7.86. The van der Waals surface area contributed by atoms with Crippen molar-refractivity contribution >= 4 is 21.8 Å². The van der Waals surface area contributed by atoms with Crippen molar-refractivity contribution in [2.24, 2.45) is 23.2 Å². The summed E-state index contributed by atoms with van der Waals surface area (Å²) >= 11 is 3.83. The Bertz CT molecular complexity index is 386. The Morgan fingerprint density at radius 1 is 0.905 bits per heavy atom. The number of alkyl halides is 1. The predicted octanol–water partition coefficient (Wildman–Crippen LogP) is 4.42. The number of hydrogen-bond donors (Lipinski definition) is 1. The largest absolute Gasteiger partial charge is 0.352 e. The summed E-state index contributed by atoms with van der Waals surface area (Å²) in [5.41, 5.74) is 0.0216. The second kappa shape index (κ2) is 5.54. The summed E-state index contributed by atoms with van der Waals surface area (Å²) in [5.74, 6) is 2.99. The van der Waals surface area contributed by atoms with E-state index in [1.165, 1.54) is 64.2 Å². The number of amides is 1. The van der Waals surface area contributed by atoms with Crippen LogP contribution in [0.25, 0.3) is 0 Å². The van der Waals surface area contributed by atoms with Gasteiger partial charge in [0.25, 0.3) is 0 Å². The molecule has 21 heavy (non-hydrogen) atoms. The quantitative estimate of drug-likeness (QED) is 0.577. The van der Waals surface area contributed by atoms with Crippen molar-refractivity contribution in [1.82, 2.24) is 5.32 Å². The molecule has 1 N–H and O–H groups in total. The zero-order valence-corrected chi connectivity index (χ0v) is 14.5. The maximum atomic E-state index is 13.1. The number of hydrogen-bond acceptors (Lipinski definition) is 1. The standard InChI is InChI=1S/C18H28BrNO/c19-15-4-2-1-3-5-16(15)20-17(21)18-9-12-6-13(10-18)8-14(7-12)11-18/h12-16H,1-11H2,(H,20,21). The lowest BCUT2D eigenvalue weighted by molar-refractivity contribution is -0.147. The van der Waals surface area contributed by atoms with E-state index in [9.17, 15) is 4.79 Å². The van der Waals surface area contributed by atoms with Gasteiger partial charge in [-0.05, 0) is 69.1 Å². The fourth-order valence-electron chi connectivity index (χ4n) is 6.14. The lowest BCUT2D eigenvalue weighted by Gasteiger charge is -2.56. The number of nitrogens with one attached hydrogen (secondary N) is 1. The van der Waals surface area contributed by atoms with Crippen molar-refractivity contribution in [3.05, 3.63) is 0 Å². The molecule has 0 radical (unpaired) electrons. The second-order valence-corrected chi connectivity index (χ2v) is 9.61. The van der Waals surface area contributed by atoms with Crippen LogP contribution in [0.5, 0.6) is 0 Å². The van der Waals surface area contributed by atoms with Crippen molar-refractivity contribution in [3.63, 3.8) is 0 Å². The molecule has 0 saturated heterocycles. The lowest BCUT2D eigenvalue weighted by atomic mass is 9.49. The lowest BCUT2D eigenvalue weighted by Crippen LogP contribution is -2.56. The van der Waals surface area contributed by atoms with Crippen LogP contribution in [0, 0.1) is 23.2 Å². The fraction of sp³-hybridized carbons (Fsp3) is 0.944. The molecule has 0 heterocycles. The Kier molecular flexibility index (Phi) is 3.84. The highest BCUT2D eigenvalue weighted by molar-refractivity contribution is 9.09. The average molecular weight is 354 g/mol. The summed E-state index contributed by atoms with van der Waals surface area (Å²) in [7, 11) is 0. The molecular weight excluding hydrogens is 326 g/mol. The molecule has 5 fully saturated rings. The smallest absolute Gasteiger partial charge is 0.226 e. The molecule has 5 saturated carbocycles. The van der Waals surface area contributed by atoms with Crippen molar-refractivity contribution < 1.29 is 4.79 Å². The highest BCUT2D eigenvalue weighted by atomic mass is 79.9. The van der Waals surface area contributed by atoms with Gasteiger partial charge in [-0.1, -0.05) is 35.2 Å². The molecule has 5 rings (SSSR count). The topological polar surface area (TPSA) is 29.1 Å². The minimum Gasteiger partial charge on any atom is -0.352 e. The first-order chi connectivity index (χ1) is 10.1. The maximum Gasteiger partial charge on any atom is 0.226 e. The zero-order valence-electron chi connectivity index (χ0n) is 13.0. The first-order valence-corrected chi connectivity index (χ1v) is 10.0. The van der Waals surface area contributed by atoms with Gasteiger partial charge in [-0.15, -0.1) is 0 Å². The molecule has 2 unspecified atom stereocenters. The normalized spacial score (nSPS) is 48.9. The van der Waals surface area contributed by atoms with E-state index < -0.39 is 0 Å². The van der Waals surface area contributed by atoms with Crippen molar-refractivity contribution in [1.29, 1.82) is 0 Å². The molecule has 118 valence electrons. The minimum absolute atomic E-state index is 0.0216. The summed E-state index contributed by atoms with van der Waals surface area (Å²) in [5, 5.41) is 3.48. The summed E-state index contributed by atoms with van der Waals surface area (Å²) in [6.07, 6.45) is 14.1. The molecule has 3 heteroatoms. The molecule has 5 aliphatic carbocycles. The number of carbonyl (C=O) groups excluding carboxylic acids is 1. The zero-order chi connectivity index (χ0) is 14.4. The summed E-state index contributed by atoms with van der Waals surface area (Å²) in [6.45, 7) is 0. The number of rotatable bonds is 2. The van der Waals surface area contributed by atoms with Gasteiger partial charge in [-0.3, -0.25) is 4.79 Å². The van der Waals surface area contributed by atoms with Crippen molar-refractivity contribution in [2.75, 3.05) is 0 Å². The third-order valence-electron chi connectivity index (χ3n) is 6.77. The highest BCUT2D eigenvalue weighted by Gasteiger charge is 2.54. The van der Waals surface area contributed by atoms with Crippen LogP contribution in [0.1, 0.15) is 70.6 Å². The van der Waals surface area contributed by atoms with Crippen molar-refractivity contribution in [3.8, 4) is 0 Å². The van der Waals surface area contributed by atoms with Gasteiger partial charge in [0.1, 0.15) is 0 Å². The van der Waals surface area contributed by atoms with Crippen LogP contribution >= 0.6 is 15.9 Å². The Balaban J connectivity index is 1.47. The van der Waals surface area contributed by atoms with E-state index in [4.69, 9.17) is 0 Å².